The van der Waals surface area contributed by atoms with Gasteiger partial charge in [-0.05, 0) is 138 Å². The maximum atomic E-state index is 14.0. The Morgan fingerprint density at radius 2 is 1.70 bits per heavy atom. The minimum atomic E-state index is -0.973. The molecule has 1 atom stereocenters. The lowest BCUT2D eigenvalue weighted by Crippen LogP contribution is -2.62. The summed E-state index contributed by atoms with van der Waals surface area (Å²) in [6, 6.07) is 8.50. The number of halogens is 1. The highest BCUT2D eigenvalue weighted by Crippen LogP contribution is 2.56. The standard InChI is InChI=1S/C38H45ClN4O5S2/c1-38(2,3)43-32(44)20-30(41-36(43)47)35(46)48-12-6-4-5-7-24-18-28(23-8-10-27(39)11-9-23)40-29(24)19-31-34(45)42(37(49)50-31)33-25-14-21-13-22(16-25)17-26(33)15-21/h8-11,18-19,21-22,25-26,30,33,40H,4-7,12-17,20H2,1-3H3,(H,41,47)/b31-19-/t21?,22?,25?,26?,30-,33?/m0/s1. The van der Waals surface area contributed by atoms with E-state index in [9.17, 15) is 19.2 Å². The number of carbonyl (C=O) groups is 4. The molecule has 6 aliphatic rings. The number of hydrogen-bond acceptors (Lipinski definition) is 7. The van der Waals surface area contributed by atoms with E-state index in [2.05, 4.69) is 16.4 Å². The number of esters is 1. The van der Waals surface area contributed by atoms with Crippen LogP contribution in [0.15, 0.2) is 35.2 Å². The van der Waals surface area contributed by atoms with E-state index in [0.717, 1.165) is 58.5 Å². The fraction of sp³-hybridized carbons (Fsp3) is 0.553. The first-order chi connectivity index (χ1) is 23.9. The number of urea groups is 1. The van der Waals surface area contributed by atoms with Gasteiger partial charge in [-0.25, -0.2) is 9.59 Å². The molecule has 4 saturated carbocycles. The topological polar surface area (TPSA) is 112 Å². The number of nitrogens with zero attached hydrogens (tertiary/aromatic N) is 2. The number of unbranched alkanes of at least 4 members (excludes halogenated alkanes) is 2. The summed E-state index contributed by atoms with van der Waals surface area (Å²) in [5, 5.41) is 3.28. The molecular weight excluding hydrogens is 692 g/mol. The molecule has 2 aliphatic heterocycles. The molecule has 8 rings (SSSR count). The molecule has 2 aromatic rings. The van der Waals surface area contributed by atoms with Crippen molar-refractivity contribution < 1.29 is 23.9 Å². The zero-order chi connectivity index (χ0) is 35.3. The molecule has 0 radical (unpaired) electrons. The Balaban J connectivity index is 0.982. The smallest absolute Gasteiger partial charge is 0.329 e. The highest BCUT2D eigenvalue weighted by atomic mass is 35.5. The van der Waals surface area contributed by atoms with Crippen molar-refractivity contribution in [2.75, 3.05) is 6.61 Å². The summed E-state index contributed by atoms with van der Waals surface area (Å²) in [6.45, 7) is 5.52. The first-order valence-corrected chi connectivity index (χ1v) is 19.5. The van der Waals surface area contributed by atoms with Crippen LogP contribution in [-0.2, 0) is 25.5 Å². The summed E-state index contributed by atoms with van der Waals surface area (Å²) in [7, 11) is 0. The van der Waals surface area contributed by atoms with Crippen LogP contribution >= 0.6 is 35.6 Å². The van der Waals surface area contributed by atoms with Crippen LogP contribution in [-0.4, -0.2) is 67.1 Å². The van der Waals surface area contributed by atoms with Gasteiger partial charge in [-0.2, -0.15) is 0 Å². The molecule has 12 heteroatoms. The van der Waals surface area contributed by atoms with E-state index in [-0.39, 0.29) is 25.0 Å². The molecular formula is C38H45ClN4O5S2. The summed E-state index contributed by atoms with van der Waals surface area (Å²) in [6.07, 6.45) is 11.2. The average Bonchev–Trinajstić information content (AvgIpc) is 3.56. The molecule has 50 heavy (non-hydrogen) atoms. The van der Waals surface area contributed by atoms with Gasteiger partial charge in [-0.3, -0.25) is 19.4 Å². The van der Waals surface area contributed by atoms with Crippen molar-refractivity contribution in [3.8, 4) is 11.3 Å². The lowest BCUT2D eigenvalue weighted by molar-refractivity contribution is -0.150. The molecule has 266 valence electrons. The molecule has 1 aromatic heterocycles. The van der Waals surface area contributed by atoms with Crippen molar-refractivity contribution in [3.05, 3.63) is 51.5 Å². The average molecular weight is 737 g/mol. The molecule has 0 spiro atoms. The zero-order valence-corrected chi connectivity index (χ0v) is 31.2. The minimum Gasteiger partial charge on any atom is -0.464 e. The van der Waals surface area contributed by atoms with E-state index >= 15 is 0 Å². The second-order valence-corrected chi connectivity index (χ2v) is 17.8. The molecule has 1 aromatic carbocycles. The van der Waals surface area contributed by atoms with E-state index in [4.69, 9.17) is 28.6 Å². The van der Waals surface area contributed by atoms with Gasteiger partial charge in [0.1, 0.15) is 10.4 Å². The molecule has 2 N–H and O–H groups in total. The lowest BCUT2D eigenvalue weighted by Gasteiger charge is -2.56. The number of hydrogen-bond donors (Lipinski definition) is 2. The number of amides is 4. The summed E-state index contributed by atoms with van der Waals surface area (Å²) in [5.74, 6) is 1.83. The quantitative estimate of drug-likeness (QED) is 0.111. The summed E-state index contributed by atoms with van der Waals surface area (Å²) < 4.78 is 6.13. The van der Waals surface area contributed by atoms with Crippen molar-refractivity contribution >= 4 is 69.8 Å². The van der Waals surface area contributed by atoms with E-state index in [1.165, 1.54) is 43.9 Å². The normalized spacial score (nSPS) is 28.6. The number of rotatable bonds is 10. The van der Waals surface area contributed by atoms with Crippen molar-refractivity contribution in [2.45, 2.75) is 103 Å². The first kappa shape index (κ1) is 35.3. The molecule has 0 unspecified atom stereocenters. The van der Waals surface area contributed by atoms with Crippen LogP contribution in [0.5, 0.6) is 0 Å². The Morgan fingerprint density at radius 3 is 2.34 bits per heavy atom. The van der Waals surface area contributed by atoms with E-state index in [0.29, 0.717) is 32.5 Å². The largest absolute Gasteiger partial charge is 0.464 e. The molecule has 9 nitrogen and oxygen atoms in total. The highest BCUT2D eigenvalue weighted by molar-refractivity contribution is 8.26. The first-order valence-electron chi connectivity index (χ1n) is 17.9. The number of H-pyrrole nitrogens is 1. The summed E-state index contributed by atoms with van der Waals surface area (Å²) in [4.78, 5) is 59.0. The van der Waals surface area contributed by atoms with Crippen LogP contribution in [0.1, 0.15) is 89.8 Å². The highest BCUT2D eigenvalue weighted by Gasteiger charge is 2.53. The second-order valence-electron chi connectivity index (χ2n) is 15.7. The number of thioether (sulfide) groups is 1. The predicted octanol–water partition coefficient (Wildman–Crippen LogP) is 7.73. The molecule has 4 amide bonds. The number of thiocarbonyl (C=S) groups is 1. The predicted molar refractivity (Wildman–Crippen MR) is 199 cm³/mol. The summed E-state index contributed by atoms with van der Waals surface area (Å²) >= 11 is 13.5. The number of aromatic amines is 1. The Bertz CT molecular complexity index is 1680. The zero-order valence-electron chi connectivity index (χ0n) is 28.8. The Labute approximate surface area is 308 Å². The third-order valence-electron chi connectivity index (χ3n) is 11.1. The fourth-order valence-electron chi connectivity index (χ4n) is 9.15. The number of aryl methyl sites for hydroxylation is 1. The van der Waals surface area contributed by atoms with Gasteiger partial charge in [-0.15, -0.1) is 0 Å². The maximum Gasteiger partial charge on any atom is 0.329 e. The Morgan fingerprint density at radius 1 is 1.02 bits per heavy atom. The SMILES string of the molecule is CC(C)(C)N1C(=O)C[C@@H](C(=O)OCCCCCc2cc(-c3ccc(Cl)cc3)[nH]c2/C=C2\SC(=S)N(C3C4CC5CC(C4)CC3C5)C2=O)NC1=O. The van der Waals surface area contributed by atoms with E-state index in [1.807, 2.05) is 35.2 Å². The van der Waals surface area contributed by atoms with Crippen molar-refractivity contribution in [1.29, 1.82) is 0 Å². The molecule has 4 aliphatic carbocycles. The van der Waals surface area contributed by atoms with Gasteiger partial charge in [0.2, 0.25) is 5.91 Å². The maximum absolute atomic E-state index is 14.0. The number of ether oxygens (including phenoxy) is 1. The van der Waals surface area contributed by atoms with Gasteiger partial charge >= 0.3 is 12.0 Å². The van der Waals surface area contributed by atoms with E-state index in [1.54, 1.807) is 20.8 Å². The third-order valence-corrected chi connectivity index (χ3v) is 12.7. The molecule has 2 saturated heterocycles. The van der Waals surface area contributed by atoms with Crippen LogP contribution in [0.2, 0.25) is 5.02 Å². The van der Waals surface area contributed by atoms with Gasteiger partial charge in [0, 0.05) is 28.0 Å². The Kier molecular flexibility index (Phi) is 9.95. The molecule has 4 bridgehead atoms. The molecule has 6 fully saturated rings. The lowest BCUT2D eigenvalue weighted by atomic mass is 9.54. The van der Waals surface area contributed by atoms with Crippen molar-refractivity contribution in [2.24, 2.45) is 23.7 Å². The van der Waals surface area contributed by atoms with Gasteiger partial charge in [0.25, 0.3) is 5.91 Å². The second kappa shape index (κ2) is 14.1. The van der Waals surface area contributed by atoms with Gasteiger partial charge in [-0.1, -0.05) is 47.7 Å². The third kappa shape index (κ3) is 7.15. The van der Waals surface area contributed by atoms with Crippen LogP contribution < -0.4 is 5.32 Å². The van der Waals surface area contributed by atoms with Crippen molar-refractivity contribution in [3.63, 3.8) is 0 Å². The van der Waals surface area contributed by atoms with E-state index < -0.39 is 29.5 Å². The van der Waals surface area contributed by atoms with Gasteiger partial charge in [0.15, 0.2) is 0 Å². The van der Waals surface area contributed by atoms with Crippen LogP contribution in [0.25, 0.3) is 17.3 Å². The monoisotopic (exact) mass is 736 g/mol. The van der Waals surface area contributed by atoms with Gasteiger partial charge < -0.3 is 15.0 Å². The number of carbonyl (C=O) groups excluding carboxylic acids is 4. The van der Waals surface area contributed by atoms with Crippen LogP contribution in [0.3, 0.4) is 0 Å². The number of nitrogens with one attached hydrogen (secondary N) is 2. The summed E-state index contributed by atoms with van der Waals surface area (Å²) in [5.41, 5.74) is 3.27. The Hall–Kier alpha value is -3.15. The number of aromatic nitrogens is 1. The van der Waals surface area contributed by atoms with Gasteiger partial charge in [0.05, 0.1) is 17.9 Å². The number of imide groups is 1. The minimum absolute atomic E-state index is 0.0369. The number of benzene rings is 1. The van der Waals surface area contributed by atoms with Crippen LogP contribution in [0, 0.1) is 23.7 Å². The molecule has 3 heterocycles. The fourth-order valence-corrected chi connectivity index (χ4v) is 10.6. The van der Waals surface area contributed by atoms with Crippen molar-refractivity contribution in [1.82, 2.24) is 20.1 Å². The van der Waals surface area contributed by atoms with Crippen LogP contribution in [0.4, 0.5) is 4.79 Å².